The Labute approximate surface area is 359 Å². The summed E-state index contributed by atoms with van der Waals surface area (Å²) < 4.78 is 18.7. The third-order valence-corrected chi connectivity index (χ3v) is 11.4. The third kappa shape index (κ3) is 10.5. The van der Waals surface area contributed by atoms with Crippen molar-refractivity contribution in [3.8, 4) is 0 Å². The molecule has 2 aromatic carbocycles. The van der Waals surface area contributed by atoms with Crippen molar-refractivity contribution in [3.63, 3.8) is 0 Å². The van der Waals surface area contributed by atoms with Crippen LogP contribution in [-0.4, -0.2) is 131 Å². The van der Waals surface area contributed by atoms with Crippen LogP contribution in [-0.2, 0) is 41.4 Å². The number of nitrogens with zero attached hydrogens (tertiary/aromatic N) is 5. The molecule has 18 nitrogen and oxygen atoms in total. The van der Waals surface area contributed by atoms with Gasteiger partial charge in [-0.3, -0.25) is 48.8 Å². The standard InChI is InChI=1S/C44H53N9O9/c1-44(2)16-14-30-33(24-44)49-50-39(30)41(57)46-29-25-45-52(26-29)34(28-8-5-4-6-9-28)15-17-51(3)18-19-60-20-21-61-22-23-62-27-37(55)47-32-11-7-10-31-38(32)43(59)53(42(31)58)35-12-13-36(54)48-40(35)56/h4-11,25-26,34-35H,12-24,27H2,1-3H3,(H,46,57)(H,47,55)(H,49,50)(H,48,54,56)/t34-,35?/m0/s1. The molecule has 1 fully saturated rings. The Hall–Kier alpha value is -6.08. The zero-order chi connectivity index (χ0) is 43.8. The summed E-state index contributed by atoms with van der Waals surface area (Å²) in [5.74, 6) is -3.33. The quantitative estimate of drug-likeness (QED) is 0.0744. The normalized spacial score (nSPS) is 17.5. The molecule has 1 aliphatic carbocycles. The number of carbonyl (C=O) groups excluding carboxylic acids is 6. The minimum atomic E-state index is -1.11. The lowest BCUT2D eigenvalue weighted by molar-refractivity contribution is -0.136. The van der Waals surface area contributed by atoms with Crippen molar-refractivity contribution in [2.75, 3.05) is 70.4 Å². The Morgan fingerprint density at radius 3 is 2.45 bits per heavy atom. The molecule has 4 heterocycles. The van der Waals surface area contributed by atoms with Crippen LogP contribution in [0.3, 0.4) is 0 Å². The zero-order valence-corrected chi connectivity index (χ0v) is 35.2. The number of piperidine rings is 1. The summed E-state index contributed by atoms with van der Waals surface area (Å²) in [6.45, 7) is 7.20. The minimum Gasteiger partial charge on any atom is -0.378 e. The molecule has 0 radical (unpaired) electrons. The van der Waals surface area contributed by atoms with Crippen LogP contribution in [0.2, 0.25) is 0 Å². The number of anilines is 2. The molecule has 2 atom stereocenters. The molecular weight excluding hydrogens is 799 g/mol. The topological polar surface area (TPSA) is 219 Å². The second-order valence-corrected chi connectivity index (χ2v) is 16.6. The van der Waals surface area contributed by atoms with Gasteiger partial charge in [0.05, 0.1) is 67.8 Å². The van der Waals surface area contributed by atoms with E-state index in [9.17, 15) is 28.8 Å². The summed E-state index contributed by atoms with van der Waals surface area (Å²) in [5.41, 5.74) is 4.57. The van der Waals surface area contributed by atoms with Crippen LogP contribution >= 0.6 is 0 Å². The van der Waals surface area contributed by atoms with Crippen molar-refractivity contribution in [2.45, 2.75) is 64.5 Å². The van der Waals surface area contributed by atoms with Gasteiger partial charge in [0.1, 0.15) is 12.6 Å². The van der Waals surface area contributed by atoms with Gasteiger partial charge in [0.2, 0.25) is 17.7 Å². The number of amides is 6. The van der Waals surface area contributed by atoms with Crippen LogP contribution < -0.4 is 16.0 Å². The van der Waals surface area contributed by atoms with E-state index in [-0.39, 0.29) is 66.8 Å². The molecule has 18 heteroatoms. The van der Waals surface area contributed by atoms with Gasteiger partial charge in [-0.05, 0) is 62.3 Å². The number of ether oxygens (including phenoxy) is 3. The molecule has 4 aromatic rings. The number of benzene rings is 2. The van der Waals surface area contributed by atoms with E-state index in [0.29, 0.717) is 37.7 Å². The molecule has 1 saturated heterocycles. The highest BCUT2D eigenvalue weighted by atomic mass is 16.5. The lowest BCUT2D eigenvalue weighted by atomic mass is 9.76. The smallest absolute Gasteiger partial charge is 0.276 e. The van der Waals surface area contributed by atoms with Crippen molar-refractivity contribution in [1.29, 1.82) is 0 Å². The molecule has 0 spiro atoms. The minimum absolute atomic E-state index is 0.00605. The molecule has 2 aromatic heterocycles. The summed E-state index contributed by atoms with van der Waals surface area (Å²) in [6, 6.07) is 13.5. The highest BCUT2D eigenvalue weighted by Crippen LogP contribution is 2.35. The number of hydrogen-bond acceptors (Lipinski definition) is 12. The van der Waals surface area contributed by atoms with Crippen molar-refractivity contribution < 1.29 is 43.0 Å². The number of aromatic amines is 1. The molecule has 0 bridgehead atoms. The highest BCUT2D eigenvalue weighted by Gasteiger charge is 2.45. The second-order valence-electron chi connectivity index (χ2n) is 16.6. The van der Waals surface area contributed by atoms with E-state index in [0.717, 1.165) is 53.9 Å². The molecule has 7 rings (SSSR count). The SMILES string of the molecule is CN(CCOCCOCCOCC(=O)Nc1cccc2c1C(=O)N(C1CCC(=O)NC1=O)C2=O)CC[C@@H](c1ccccc1)n1cc(NC(=O)c2n[nH]c3c2CCC(C)(C)C3)cn1. The molecule has 1 unspecified atom stereocenters. The predicted octanol–water partition coefficient (Wildman–Crippen LogP) is 3.37. The van der Waals surface area contributed by atoms with Gasteiger partial charge in [-0.2, -0.15) is 10.2 Å². The average molecular weight is 852 g/mol. The van der Waals surface area contributed by atoms with Gasteiger partial charge in [-0.15, -0.1) is 0 Å². The van der Waals surface area contributed by atoms with Gasteiger partial charge < -0.3 is 29.7 Å². The van der Waals surface area contributed by atoms with E-state index in [2.05, 4.69) is 62.1 Å². The van der Waals surface area contributed by atoms with Crippen LogP contribution in [0.25, 0.3) is 0 Å². The fourth-order valence-electron chi connectivity index (χ4n) is 8.01. The molecule has 2 aliphatic heterocycles. The molecule has 62 heavy (non-hydrogen) atoms. The van der Waals surface area contributed by atoms with Crippen LogP contribution in [0.4, 0.5) is 11.4 Å². The predicted molar refractivity (Wildman–Crippen MR) is 225 cm³/mol. The summed E-state index contributed by atoms with van der Waals surface area (Å²) >= 11 is 0. The fraction of sp³-hybridized carbons (Fsp3) is 0.455. The first-order chi connectivity index (χ1) is 29.9. The maximum atomic E-state index is 13.3. The number of nitrogens with one attached hydrogen (secondary N) is 4. The molecule has 6 amide bonds. The van der Waals surface area contributed by atoms with Gasteiger partial charge in [-0.1, -0.05) is 50.2 Å². The third-order valence-electron chi connectivity index (χ3n) is 11.4. The van der Waals surface area contributed by atoms with Gasteiger partial charge in [0, 0.05) is 37.0 Å². The van der Waals surface area contributed by atoms with Gasteiger partial charge in [-0.25, -0.2) is 0 Å². The number of hydrogen-bond donors (Lipinski definition) is 4. The van der Waals surface area contributed by atoms with E-state index in [1.807, 2.05) is 36.1 Å². The van der Waals surface area contributed by atoms with E-state index < -0.39 is 35.6 Å². The second kappa shape index (κ2) is 19.7. The molecule has 0 saturated carbocycles. The number of fused-ring (bicyclic) bond motifs is 2. The van der Waals surface area contributed by atoms with Gasteiger partial charge in [0.25, 0.3) is 17.7 Å². The summed E-state index contributed by atoms with van der Waals surface area (Å²) in [4.78, 5) is 79.2. The lowest BCUT2D eigenvalue weighted by Gasteiger charge is -2.28. The first kappa shape index (κ1) is 44.0. The van der Waals surface area contributed by atoms with Crippen LogP contribution in [0.5, 0.6) is 0 Å². The maximum absolute atomic E-state index is 13.3. The molecule has 4 N–H and O–H groups in total. The van der Waals surface area contributed by atoms with Crippen molar-refractivity contribution >= 4 is 46.8 Å². The van der Waals surface area contributed by atoms with E-state index in [1.165, 1.54) is 18.2 Å². The summed E-state index contributed by atoms with van der Waals surface area (Å²) in [7, 11) is 2.04. The summed E-state index contributed by atoms with van der Waals surface area (Å²) in [6.07, 6.45) is 7.04. The van der Waals surface area contributed by atoms with Crippen molar-refractivity contribution in [3.05, 3.63) is 94.6 Å². The number of H-pyrrole nitrogens is 1. The summed E-state index contributed by atoms with van der Waals surface area (Å²) in [5, 5.41) is 19.9. The Bertz CT molecular complexity index is 2290. The van der Waals surface area contributed by atoms with Crippen LogP contribution in [0.1, 0.15) is 93.6 Å². The maximum Gasteiger partial charge on any atom is 0.276 e. The largest absolute Gasteiger partial charge is 0.378 e. The monoisotopic (exact) mass is 851 g/mol. The molecule has 3 aliphatic rings. The van der Waals surface area contributed by atoms with E-state index in [4.69, 9.17) is 14.2 Å². The van der Waals surface area contributed by atoms with E-state index in [1.54, 1.807) is 6.20 Å². The Morgan fingerprint density at radius 1 is 0.919 bits per heavy atom. The zero-order valence-electron chi connectivity index (χ0n) is 35.2. The number of rotatable bonds is 20. The molecular formula is C44H53N9O9. The van der Waals surface area contributed by atoms with Crippen LogP contribution in [0.15, 0.2) is 60.9 Å². The average Bonchev–Trinajstić information content (AvgIpc) is 3.95. The first-order valence-corrected chi connectivity index (χ1v) is 20.9. The first-order valence-electron chi connectivity index (χ1n) is 20.9. The van der Waals surface area contributed by atoms with E-state index >= 15 is 0 Å². The Kier molecular flexibility index (Phi) is 14.0. The van der Waals surface area contributed by atoms with Crippen molar-refractivity contribution in [2.24, 2.45) is 5.41 Å². The van der Waals surface area contributed by atoms with Crippen molar-refractivity contribution in [1.82, 2.24) is 35.1 Å². The Morgan fingerprint density at radius 2 is 1.68 bits per heavy atom. The lowest BCUT2D eigenvalue weighted by Crippen LogP contribution is -2.54. The molecule has 328 valence electrons. The van der Waals surface area contributed by atoms with Crippen LogP contribution in [0, 0.1) is 5.41 Å². The van der Waals surface area contributed by atoms with Gasteiger partial charge in [0.15, 0.2) is 5.69 Å². The highest BCUT2D eigenvalue weighted by molar-refractivity contribution is 6.26. The number of carbonyl (C=O) groups is 6. The number of likely N-dealkylation sites (N-methyl/N-ethyl adjacent to an activating group) is 1. The fourth-order valence-corrected chi connectivity index (χ4v) is 8.01. The Balaban J connectivity index is 0.777. The number of imide groups is 2. The van der Waals surface area contributed by atoms with Gasteiger partial charge >= 0.3 is 0 Å². The number of aromatic nitrogens is 4.